The van der Waals surface area contributed by atoms with Crippen LogP contribution in [0.1, 0.15) is 5.56 Å². The lowest BCUT2D eigenvalue weighted by Gasteiger charge is -2.35. The van der Waals surface area contributed by atoms with E-state index in [-0.39, 0.29) is 0 Å². The zero-order valence-electron chi connectivity index (χ0n) is 16.4. The third kappa shape index (κ3) is 5.26. The topological polar surface area (TPSA) is 9.72 Å². The first kappa shape index (κ1) is 21.4. The SMILES string of the molecule is CN1CCN(c2cc(Br)ccc2C=C2CN(c3ccc(Cl)c(Cl)c3)CCS2)CC1. The van der Waals surface area contributed by atoms with Crippen molar-refractivity contribution in [3.63, 3.8) is 0 Å². The fourth-order valence-electron chi connectivity index (χ4n) is 3.72. The van der Waals surface area contributed by atoms with Gasteiger partial charge >= 0.3 is 0 Å². The first-order valence-electron chi connectivity index (χ1n) is 9.76. The van der Waals surface area contributed by atoms with Crippen molar-refractivity contribution in [1.29, 1.82) is 0 Å². The van der Waals surface area contributed by atoms with E-state index in [1.807, 2.05) is 23.9 Å². The molecule has 4 rings (SSSR count). The Bertz CT molecular complexity index is 913. The third-order valence-corrected chi connectivity index (χ3v) is 7.65. The summed E-state index contributed by atoms with van der Waals surface area (Å²) in [5.74, 6) is 1.06. The van der Waals surface area contributed by atoms with Crippen LogP contribution in [-0.4, -0.2) is 57.0 Å². The van der Waals surface area contributed by atoms with Gasteiger partial charge in [0, 0.05) is 65.8 Å². The molecule has 2 aliphatic heterocycles. The highest BCUT2D eigenvalue weighted by atomic mass is 79.9. The average molecular weight is 513 g/mol. The number of benzene rings is 2. The number of anilines is 2. The summed E-state index contributed by atoms with van der Waals surface area (Å²) in [4.78, 5) is 8.64. The van der Waals surface area contributed by atoms with Crippen LogP contribution in [-0.2, 0) is 0 Å². The highest BCUT2D eigenvalue weighted by molar-refractivity contribution is 9.10. The van der Waals surface area contributed by atoms with E-state index in [1.54, 1.807) is 0 Å². The van der Waals surface area contributed by atoms with Crippen molar-refractivity contribution in [1.82, 2.24) is 4.90 Å². The monoisotopic (exact) mass is 511 g/mol. The van der Waals surface area contributed by atoms with E-state index < -0.39 is 0 Å². The molecule has 2 saturated heterocycles. The first-order valence-corrected chi connectivity index (χ1v) is 12.3. The van der Waals surface area contributed by atoms with Gasteiger partial charge in [0.15, 0.2) is 0 Å². The first-order chi connectivity index (χ1) is 14.0. The van der Waals surface area contributed by atoms with Crippen molar-refractivity contribution < 1.29 is 0 Å². The minimum atomic E-state index is 0.601. The Balaban J connectivity index is 1.57. The van der Waals surface area contributed by atoms with Gasteiger partial charge in [0.25, 0.3) is 0 Å². The van der Waals surface area contributed by atoms with E-state index in [4.69, 9.17) is 23.2 Å². The Morgan fingerprint density at radius 2 is 1.72 bits per heavy atom. The van der Waals surface area contributed by atoms with Crippen molar-refractivity contribution >= 4 is 68.3 Å². The molecular formula is C22H24BrCl2N3S. The summed E-state index contributed by atoms with van der Waals surface area (Å²) in [5.41, 5.74) is 3.73. The van der Waals surface area contributed by atoms with Crippen molar-refractivity contribution in [2.75, 3.05) is 61.9 Å². The predicted octanol–water partition coefficient (Wildman–Crippen LogP) is 6.10. The quantitative estimate of drug-likeness (QED) is 0.491. The predicted molar refractivity (Wildman–Crippen MR) is 133 cm³/mol. The summed E-state index contributed by atoms with van der Waals surface area (Å²) in [6, 6.07) is 12.5. The van der Waals surface area contributed by atoms with Gasteiger partial charge in [-0.05, 0) is 49.0 Å². The number of piperazine rings is 1. The Morgan fingerprint density at radius 1 is 0.931 bits per heavy atom. The maximum atomic E-state index is 6.24. The highest BCUT2D eigenvalue weighted by Crippen LogP contribution is 2.34. The lowest BCUT2D eigenvalue weighted by molar-refractivity contribution is 0.313. The van der Waals surface area contributed by atoms with Gasteiger partial charge in [0.1, 0.15) is 0 Å². The van der Waals surface area contributed by atoms with E-state index >= 15 is 0 Å². The molecule has 2 heterocycles. The van der Waals surface area contributed by atoms with Crippen LogP contribution in [0.15, 0.2) is 45.8 Å². The van der Waals surface area contributed by atoms with Crippen LogP contribution in [0.4, 0.5) is 11.4 Å². The molecule has 2 fully saturated rings. The average Bonchev–Trinajstić information content (AvgIpc) is 2.72. The van der Waals surface area contributed by atoms with E-state index in [1.165, 1.54) is 16.2 Å². The van der Waals surface area contributed by atoms with Crippen LogP contribution >= 0.6 is 50.9 Å². The number of hydrogen-bond donors (Lipinski definition) is 0. The fourth-order valence-corrected chi connectivity index (χ4v) is 5.40. The van der Waals surface area contributed by atoms with E-state index in [0.29, 0.717) is 10.0 Å². The molecule has 0 amide bonds. The molecule has 0 unspecified atom stereocenters. The second-order valence-corrected chi connectivity index (χ2v) is 10.4. The lowest BCUT2D eigenvalue weighted by atomic mass is 10.1. The Kier molecular flexibility index (Phi) is 7.02. The summed E-state index contributed by atoms with van der Waals surface area (Å²) in [5, 5.41) is 1.21. The molecule has 0 radical (unpaired) electrons. The summed E-state index contributed by atoms with van der Waals surface area (Å²) in [7, 11) is 2.19. The van der Waals surface area contributed by atoms with Crippen LogP contribution in [0.5, 0.6) is 0 Å². The van der Waals surface area contributed by atoms with Crippen molar-refractivity contribution in [3.05, 3.63) is 61.4 Å². The van der Waals surface area contributed by atoms with Crippen LogP contribution in [0.2, 0.25) is 10.0 Å². The van der Waals surface area contributed by atoms with Gasteiger partial charge in [0.2, 0.25) is 0 Å². The standard InChI is InChI=1S/C22H24BrCl2N3S/c1-26-6-8-27(9-7-26)22-13-17(23)3-2-16(22)12-19-15-28(10-11-29-19)18-4-5-20(24)21(25)14-18/h2-5,12-14H,6-11,15H2,1H3. The van der Waals surface area contributed by atoms with Gasteiger partial charge in [-0.2, -0.15) is 0 Å². The summed E-state index contributed by atoms with van der Waals surface area (Å²) < 4.78 is 1.13. The molecule has 0 aliphatic carbocycles. The van der Waals surface area contributed by atoms with E-state index in [0.717, 1.165) is 55.2 Å². The normalized spacial score (nSPS) is 19.8. The van der Waals surface area contributed by atoms with Gasteiger partial charge in [-0.15, -0.1) is 11.8 Å². The van der Waals surface area contributed by atoms with E-state index in [2.05, 4.69) is 68.0 Å². The molecule has 0 spiro atoms. The largest absolute Gasteiger partial charge is 0.368 e. The molecule has 7 heteroatoms. The van der Waals surface area contributed by atoms with Crippen LogP contribution in [0.25, 0.3) is 6.08 Å². The van der Waals surface area contributed by atoms with Crippen molar-refractivity contribution in [2.45, 2.75) is 0 Å². The Labute approximate surface area is 195 Å². The molecule has 0 saturated carbocycles. The fraction of sp³-hybridized carbons (Fsp3) is 0.364. The number of rotatable bonds is 3. The zero-order chi connectivity index (χ0) is 20.4. The highest BCUT2D eigenvalue weighted by Gasteiger charge is 2.19. The number of likely N-dealkylation sites (N-methyl/N-ethyl adjacent to an activating group) is 1. The second-order valence-electron chi connectivity index (χ2n) is 7.47. The third-order valence-electron chi connectivity index (χ3n) is 5.42. The molecule has 2 aromatic rings. The maximum Gasteiger partial charge on any atom is 0.0612 e. The summed E-state index contributed by atoms with van der Waals surface area (Å²) in [6.07, 6.45) is 2.36. The van der Waals surface area contributed by atoms with Gasteiger partial charge < -0.3 is 14.7 Å². The van der Waals surface area contributed by atoms with Crippen LogP contribution in [0.3, 0.4) is 0 Å². The molecule has 154 valence electrons. The maximum absolute atomic E-state index is 6.24. The second kappa shape index (κ2) is 9.52. The lowest BCUT2D eigenvalue weighted by Crippen LogP contribution is -2.44. The molecule has 2 aromatic carbocycles. The number of halogens is 3. The summed E-state index contributed by atoms with van der Waals surface area (Å²) in [6.45, 7) is 6.22. The van der Waals surface area contributed by atoms with Crippen LogP contribution in [0, 0.1) is 0 Å². The number of nitrogens with zero attached hydrogens (tertiary/aromatic N) is 3. The Hall–Kier alpha value is -0.850. The molecule has 29 heavy (non-hydrogen) atoms. The van der Waals surface area contributed by atoms with Gasteiger partial charge in [-0.25, -0.2) is 0 Å². The summed E-state index contributed by atoms with van der Waals surface area (Å²) >= 11 is 17.9. The number of thioether (sulfide) groups is 1. The van der Waals surface area contributed by atoms with Gasteiger partial charge in [-0.1, -0.05) is 45.2 Å². The minimum Gasteiger partial charge on any atom is -0.368 e. The van der Waals surface area contributed by atoms with Crippen molar-refractivity contribution in [2.24, 2.45) is 0 Å². The van der Waals surface area contributed by atoms with Crippen molar-refractivity contribution in [3.8, 4) is 0 Å². The smallest absolute Gasteiger partial charge is 0.0612 e. The molecule has 0 atom stereocenters. The molecular weight excluding hydrogens is 489 g/mol. The molecule has 2 aliphatic rings. The van der Waals surface area contributed by atoms with Gasteiger partial charge in [0.05, 0.1) is 10.0 Å². The Morgan fingerprint density at radius 3 is 2.48 bits per heavy atom. The minimum absolute atomic E-state index is 0.601. The molecule has 0 bridgehead atoms. The molecule has 3 nitrogen and oxygen atoms in total. The molecule has 0 N–H and O–H groups in total. The number of hydrogen-bond acceptors (Lipinski definition) is 4. The van der Waals surface area contributed by atoms with Crippen LogP contribution < -0.4 is 9.80 Å². The van der Waals surface area contributed by atoms with E-state index in [9.17, 15) is 0 Å². The zero-order valence-corrected chi connectivity index (χ0v) is 20.3. The van der Waals surface area contributed by atoms with Gasteiger partial charge in [-0.3, -0.25) is 0 Å². The molecule has 0 aromatic heterocycles.